The summed E-state index contributed by atoms with van der Waals surface area (Å²) in [5, 5.41) is 12.8. The predicted molar refractivity (Wildman–Crippen MR) is 134 cm³/mol. The molecule has 5 rings (SSSR count). The van der Waals surface area contributed by atoms with Gasteiger partial charge in [0.05, 0.1) is 28.9 Å². The van der Waals surface area contributed by atoms with Crippen molar-refractivity contribution >= 4 is 33.9 Å². The van der Waals surface area contributed by atoms with E-state index in [4.69, 9.17) is 14.8 Å². The van der Waals surface area contributed by atoms with Gasteiger partial charge in [0.2, 0.25) is 0 Å². The van der Waals surface area contributed by atoms with E-state index in [9.17, 15) is 9.59 Å². The van der Waals surface area contributed by atoms with Gasteiger partial charge in [0.1, 0.15) is 0 Å². The van der Waals surface area contributed by atoms with Crippen LogP contribution in [0.15, 0.2) is 48.5 Å². The van der Waals surface area contributed by atoms with E-state index < -0.39 is 12.1 Å². The SMILES string of the molecule is CCn1c(-c2nc3cc(C(=O)N4CCC(OC)C(NC(=O)O)C4)ccc3n2C)cc2ccccc21. The van der Waals surface area contributed by atoms with Crippen LogP contribution in [0.1, 0.15) is 23.7 Å². The molecule has 182 valence electrons. The summed E-state index contributed by atoms with van der Waals surface area (Å²) in [7, 11) is 3.55. The minimum atomic E-state index is -1.13. The number of imidazole rings is 1. The quantitative estimate of drug-likeness (QED) is 0.458. The molecule has 2 atom stereocenters. The average molecular weight is 476 g/mol. The largest absolute Gasteiger partial charge is 0.465 e. The number of rotatable bonds is 5. The number of benzene rings is 2. The normalized spacial score (nSPS) is 18.3. The van der Waals surface area contributed by atoms with Gasteiger partial charge in [-0.25, -0.2) is 9.78 Å². The molecule has 1 aliphatic rings. The molecule has 35 heavy (non-hydrogen) atoms. The lowest BCUT2D eigenvalue weighted by Crippen LogP contribution is -2.56. The highest BCUT2D eigenvalue weighted by Crippen LogP contribution is 2.30. The third-order valence-electron chi connectivity index (χ3n) is 6.93. The molecule has 3 heterocycles. The molecule has 0 bridgehead atoms. The number of fused-ring (bicyclic) bond motifs is 2. The molecular weight excluding hydrogens is 446 g/mol. The molecule has 0 saturated carbocycles. The van der Waals surface area contributed by atoms with E-state index in [0.717, 1.165) is 40.0 Å². The van der Waals surface area contributed by atoms with Crippen molar-refractivity contribution in [1.29, 1.82) is 0 Å². The first-order valence-corrected chi connectivity index (χ1v) is 11.8. The number of ether oxygens (including phenoxy) is 1. The van der Waals surface area contributed by atoms with Crippen molar-refractivity contribution in [1.82, 2.24) is 24.3 Å². The molecule has 9 heteroatoms. The number of nitrogens with one attached hydrogen (secondary N) is 1. The summed E-state index contributed by atoms with van der Waals surface area (Å²) in [6.07, 6.45) is -0.829. The Labute approximate surface area is 202 Å². The molecule has 2 N–H and O–H groups in total. The van der Waals surface area contributed by atoms with Crippen molar-refractivity contribution in [2.24, 2.45) is 7.05 Å². The van der Waals surface area contributed by atoms with Crippen molar-refractivity contribution in [2.45, 2.75) is 32.0 Å². The van der Waals surface area contributed by atoms with Crippen LogP contribution < -0.4 is 5.32 Å². The van der Waals surface area contributed by atoms with E-state index in [-0.39, 0.29) is 18.6 Å². The van der Waals surface area contributed by atoms with Crippen LogP contribution >= 0.6 is 0 Å². The summed E-state index contributed by atoms with van der Waals surface area (Å²) in [4.78, 5) is 31.1. The maximum atomic E-state index is 13.3. The zero-order valence-corrected chi connectivity index (χ0v) is 20.1. The molecule has 1 aliphatic heterocycles. The Morgan fingerprint density at radius 1 is 1.17 bits per heavy atom. The Bertz CT molecular complexity index is 1420. The average Bonchev–Trinajstić information content (AvgIpc) is 3.39. The zero-order valence-electron chi connectivity index (χ0n) is 20.1. The summed E-state index contributed by atoms with van der Waals surface area (Å²) >= 11 is 0. The van der Waals surface area contributed by atoms with Gasteiger partial charge in [0.25, 0.3) is 5.91 Å². The van der Waals surface area contributed by atoms with Gasteiger partial charge in [-0.1, -0.05) is 18.2 Å². The van der Waals surface area contributed by atoms with Gasteiger partial charge in [0.15, 0.2) is 5.82 Å². The Hall–Kier alpha value is -3.85. The molecule has 2 aromatic carbocycles. The zero-order chi connectivity index (χ0) is 24.7. The van der Waals surface area contributed by atoms with Gasteiger partial charge in [-0.2, -0.15) is 0 Å². The highest BCUT2D eigenvalue weighted by molar-refractivity contribution is 5.98. The van der Waals surface area contributed by atoms with Gasteiger partial charge in [-0.05, 0) is 43.7 Å². The third kappa shape index (κ3) is 4.01. The van der Waals surface area contributed by atoms with Crippen LogP contribution in [0, 0.1) is 0 Å². The van der Waals surface area contributed by atoms with E-state index in [2.05, 4.69) is 39.6 Å². The predicted octanol–water partition coefficient (Wildman–Crippen LogP) is 3.71. The van der Waals surface area contributed by atoms with Crippen molar-refractivity contribution in [2.75, 3.05) is 20.2 Å². The highest BCUT2D eigenvalue weighted by Gasteiger charge is 2.33. The second kappa shape index (κ2) is 9.07. The molecule has 2 aromatic heterocycles. The van der Waals surface area contributed by atoms with Crippen LogP contribution in [0.3, 0.4) is 0 Å². The molecule has 1 saturated heterocycles. The van der Waals surface area contributed by atoms with Crippen LogP contribution in [-0.4, -0.2) is 68.5 Å². The molecule has 1 fully saturated rings. The topological polar surface area (TPSA) is 102 Å². The lowest BCUT2D eigenvalue weighted by Gasteiger charge is -2.37. The lowest BCUT2D eigenvalue weighted by atomic mass is 10.0. The minimum Gasteiger partial charge on any atom is -0.465 e. The van der Waals surface area contributed by atoms with Crippen LogP contribution in [0.4, 0.5) is 4.79 Å². The molecule has 9 nitrogen and oxygen atoms in total. The highest BCUT2D eigenvalue weighted by atomic mass is 16.5. The van der Waals surface area contributed by atoms with E-state index in [1.807, 2.05) is 37.4 Å². The fraction of sp³-hybridized carbons (Fsp3) is 0.346. The molecule has 0 aliphatic carbocycles. The molecule has 4 aromatic rings. The van der Waals surface area contributed by atoms with Crippen LogP contribution in [0.25, 0.3) is 33.5 Å². The van der Waals surface area contributed by atoms with Crippen molar-refractivity contribution in [3.63, 3.8) is 0 Å². The number of carbonyl (C=O) groups is 2. The van der Waals surface area contributed by atoms with E-state index >= 15 is 0 Å². The smallest absolute Gasteiger partial charge is 0.405 e. The Balaban J connectivity index is 1.47. The minimum absolute atomic E-state index is 0.145. The number of para-hydroxylation sites is 1. The summed E-state index contributed by atoms with van der Waals surface area (Å²) < 4.78 is 9.72. The lowest BCUT2D eigenvalue weighted by molar-refractivity contribution is 0.0136. The monoisotopic (exact) mass is 475 g/mol. The Kier molecular flexibility index (Phi) is 5.94. The first-order valence-electron chi connectivity index (χ1n) is 11.8. The summed E-state index contributed by atoms with van der Waals surface area (Å²) in [5.74, 6) is 0.697. The molecule has 2 amide bonds. The second-order valence-electron chi connectivity index (χ2n) is 8.90. The molecule has 0 radical (unpaired) electrons. The van der Waals surface area contributed by atoms with E-state index in [1.165, 1.54) is 0 Å². The van der Waals surface area contributed by atoms with Crippen molar-refractivity contribution < 1.29 is 19.4 Å². The van der Waals surface area contributed by atoms with Gasteiger partial charge in [0, 0.05) is 50.3 Å². The number of piperidine rings is 1. The Morgan fingerprint density at radius 2 is 1.97 bits per heavy atom. The fourth-order valence-electron chi connectivity index (χ4n) is 5.18. The van der Waals surface area contributed by atoms with Crippen LogP contribution in [0.5, 0.6) is 0 Å². The first kappa shape index (κ1) is 22.9. The van der Waals surface area contributed by atoms with Crippen molar-refractivity contribution in [3.8, 4) is 11.5 Å². The number of hydrogen-bond acceptors (Lipinski definition) is 4. The van der Waals surface area contributed by atoms with E-state index in [0.29, 0.717) is 18.5 Å². The number of hydrogen-bond donors (Lipinski definition) is 2. The number of aromatic nitrogens is 3. The second-order valence-corrected chi connectivity index (χ2v) is 8.90. The van der Waals surface area contributed by atoms with E-state index in [1.54, 1.807) is 12.0 Å². The molecule has 0 spiro atoms. The number of carboxylic acid groups (broad SMARTS) is 1. The van der Waals surface area contributed by atoms with Gasteiger partial charge >= 0.3 is 6.09 Å². The van der Waals surface area contributed by atoms with Gasteiger partial charge < -0.3 is 29.2 Å². The van der Waals surface area contributed by atoms with Gasteiger partial charge in [-0.3, -0.25) is 4.79 Å². The maximum Gasteiger partial charge on any atom is 0.405 e. The number of likely N-dealkylation sites (tertiary alicyclic amines) is 1. The third-order valence-corrected chi connectivity index (χ3v) is 6.93. The number of nitrogens with zero attached hydrogens (tertiary/aromatic N) is 4. The molecule has 2 unspecified atom stereocenters. The Morgan fingerprint density at radius 3 is 2.71 bits per heavy atom. The fourth-order valence-corrected chi connectivity index (χ4v) is 5.18. The number of methoxy groups -OCH3 is 1. The van der Waals surface area contributed by atoms with Crippen molar-refractivity contribution in [3.05, 3.63) is 54.1 Å². The number of amides is 2. The van der Waals surface area contributed by atoms with Gasteiger partial charge in [-0.15, -0.1) is 0 Å². The van der Waals surface area contributed by atoms with Crippen LogP contribution in [-0.2, 0) is 18.3 Å². The molecular formula is C26H29N5O4. The first-order chi connectivity index (χ1) is 16.9. The summed E-state index contributed by atoms with van der Waals surface area (Å²) in [6.45, 7) is 3.69. The summed E-state index contributed by atoms with van der Waals surface area (Å²) in [5.41, 5.74) is 4.41. The standard InChI is InChI=1S/C26H29N5O4/c1-4-31-20-8-6-5-7-16(20)14-22(31)24-27-18-13-17(9-10-21(18)29(24)2)25(32)30-12-11-23(35-3)19(15-30)28-26(33)34/h5-10,13-14,19,23,28H,4,11-12,15H2,1-3H3,(H,33,34). The van der Waals surface area contributed by atoms with Crippen LogP contribution in [0.2, 0.25) is 0 Å². The maximum absolute atomic E-state index is 13.3. The number of aryl methyl sites for hydroxylation is 2. The summed E-state index contributed by atoms with van der Waals surface area (Å²) in [6, 6.07) is 15.5. The number of carbonyl (C=O) groups excluding carboxylic acids is 1.